The number of nitrogens with one attached hydrogen (secondary N) is 1. The number of fused-ring (bicyclic) bond motifs is 1. The third-order valence-corrected chi connectivity index (χ3v) is 4.87. The molecule has 0 unspecified atom stereocenters. The number of aromatic nitrogens is 3. The number of nitrogens with zero attached hydrogens (tertiary/aromatic N) is 3. The molecule has 1 aromatic carbocycles. The molecule has 2 aromatic heterocycles. The van der Waals surface area contributed by atoms with Gasteiger partial charge >= 0.3 is 5.97 Å². The van der Waals surface area contributed by atoms with E-state index in [0.717, 1.165) is 4.70 Å². The smallest absolute Gasteiger partial charge is 0.307 e. The number of aryl methyl sites for hydroxylation is 1. The van der Waals surface area contributed by atoms with Gasteiger partial charge in [-0.25, -0.2) is 9.97 Å². The van der Waals surface area contributed by atoms with Crippen LogP contribution in [-0.2, 0) is 16.1 Å². The number of imidazole rings is 1. The zero-order valence-electron chi connectivity index (χ0n) is 14.9. The van der Waals surface area contributed by atoms with Crippen molar-refractivity contribution < 1.29 is 14.3 Å². The highest BCUT2D eigenvalue weighted by Crippen LogP contribution is 2.25. The molecule has 1 amide bonds. The molecule has 0 aliphatic carbocycles. The molecule has 0 spiro atoms. The number of anilines is 1. The van der Waals surface area contributed by atoms with Crippen LogP contribution in [0.2, 0.25) is 5.02 Å². The number of benzene rings is 1. The zero-order valence-corrected chi connectivity index (χ0v) is 16.5. The van der Waals surface area contributed by atoms with E-state index in [-0.39, 0.29) is 18.3 Å². The number of ether oxygens (including phenoxy) is 1. The lowest BCUT2D eigenvalue weighted by Crippen LogP contribution is -2.17. The maximum Gasteiger partial charge on any atom is 0.307 e. The molecule has 142 valence electrons. The quantitative estimate of drug-likeness (QED) is 0.599. The molecular formula is C18H19ClN4O3S. The second-order valence-electron chi connectivity index (χ2n) is 6.36. The number of carbonyl (C=O) groups excluding carboxylic acids is 2. The van der Waals surface area contributed by atoms with Crippen molar-refractivity contribution in [2.45, 2.75) is 26.8 Å². The Kier molecular flexibility index (Phi) is 6.08. The third kappa shape index (κ3) is 5.05. The maximum atomic E-state index is 12.5. The fraction of sp³-hybridized carbons (Fsp3) is 0.333. The second kappa shape index (κ2) is 8.49. The summed E-state index contributed by atoms with van der Waals surface area (Å²) < 4.78 is 7.69. The van der Waals surface area contributed by atoms with Crippen LogP contribution in [0.15, 0.2) is 30.6 Å². The standard InChI is InChI=1S/C18H19ClN4O3S/c1-11(2)10-26-15(24)5-7-23-8-6-20-18(23)22-16(25)17-21-13-4-3-12(19)9-14(13)27-17/h3-4,6,8-9,11H,5,7,10H2,1-2H3,(H,20,22,25). The maximum absolute atomic E-state index is 12.5. The first-order valence-electron chi connectivity index (χ1n) is 8.46. The molecule has 3 aromatic rings. The highest BCUT2D eigenvalue weighted by atomic mass is 35.5. The number of esters is 1. The van der Waals surface area contributed by atoms with Crippen molar-refractivity contribution in [3.8, 4) is 0 Å². The summed E-state index contributed by atoms with van der Waals surface area (Å²) in [6.07, 6.45) is 3.46. The molecule has 0 aliphatic heterocycles. The van der Waals surface area contributed by atoms with Crippen LogP contribution < -0.4 is 5.32 Å². The van der Waals surface area contributed by atoms with Gasteiger partial charge in [-0.3, -0.25) is 14.9 Å². The Labute approximate surface area is 165 Å². The second-order valence-corrected chi connectivity index (χ2v) is 7.82. The van der Waals surface area contributed by atoms with Gasteiger partial charge in [0, 0.05) is 24.0 Å². The van der Waals surface area contributed by atoms with E-state index in [1.807, 2.05) is 13.8 Å². The molecule has 7 nitrogen and oxygen atoms in total. The topological polar surface area (TPSA) is 86.1 Å². The number of hydrogen-bond acceptors (Lipinski definition) is 6. The largest absolute Gasteiger partial charge is 0.465 e. The minimum atomic E-state index is -0.359. The van der Waals surface area contributed by atoms with Gasteiger partial charge in [0.05, 0.1) is 23.2 Å². The number of thiazole rings is 1. The van der Waals surface area contributed by atoms with Crippen molar-refractivity contribution in [1.82, 2.24) is 14.5 Å². The lowest BCUT2D eigenvalue weighted by molar-refractivity contribution is -0.144. The molecule has 9 heteroatoms. The predicted molar refractivity (Wildman–Crippen MR) is 105 cm³/mol. The molecule has 2 heterocycles. The van der Waals surface area contributed by atoms with Crippen molar-refractivity contribution in [1.29, 1.82) is 0 Å². The highest BCUT2D eigenvalue weighted by molar-refractivity contribution is 7.20. The monoisotopic (exact) mass is 406 g/mol. The molecule has 0 saturated heterocycles. The Hall–Kier alpha value is -2.45. The average Bonchev–Trinajstić information content (AvgIpc) is 3.24. The Morgan fingerprint density at radius 3 is 2.96 bits per heavy atom. The lowest BCUT2D eigenvalue weighted by Gasteiger charge is -2.09. The van der Waals surface area contributed by atoms with Crippen LogP contribution in [-0.4, -0.2) is 33.0 Å². The number of carbonyl (C=O) groups is 2. The molecule has 0 bridgehead atoms. The fourth-order valence-corrected chi connectivity index (χ4v) is 3.44. The highest BCUT2D eigenvalue weighted by Gasteiger charge is 2.16. The summed E-state index contributed by atoms with van der Waals surface area (Å²) in [6.45, 7) is 4.72. The first kappa shape index (κ1) is 19.3. The van der Waals surface area contributed by atoms with Gasteiger partial charge in [0.25, 0.3) is 5.91 Å². The Morgan fingerprint density at radius 2 is 2.19 bits per heavy atom. The first-order chi connectivity index (χ1) is 12.9. The summed E-state index contributed by atoms with van der Waals surface area (Å²) in [6, 6.07) is 5.28. The molecule has 1 N–H and O–H groups in total. The summed E-state index contributed by atoms with van der Waals surface area (Å²) in [5.41, 5.74) is 0.714. The van der Waals surface area contributed by atoms with Gasteiger partial charge in [0.2, 0.25) is 5.95 Å². The molecule has 0 fully saturated rings. The van der Waals surface area contributed by atoms with Gasteiger partial charge in [0.15, 0.2) is 5.01 Å². The first-order valence-corrected chi connectivity index (χ1v) is 9.66. The van der Waals surface area contributed by atoms with Crippen LogP contribution in [0.1, 0.15) is 30.1 Å². The van der Waals surface area contributed by atoms with Crippen LogP contribution in [0.3, 0.4) is 0 Å². The van der Waals surface area contributed by atoms with Gasteiger partial charge < -0.3 is 9.30 Å². The van der Waals surface area contributed by atoms with Gasteiger partial charge in [0.1, 0.15) is 0 Å². The van der Waals surface area contributed by atoms with Crippen LogP contribution in [0.25, 0.3) is 10.2 Å². The normalized spacial score (nSPS) is 11.1. The van der Waals surface area contributed by atoms with E-state index in [9.17, 15) is 9.59 Å². The van der Waals surface area contributed by atoms with E-state index in [1.54, 1.807) is 35.2 Å². The molecule has 0 aliphatic rings. The van der Waals surface area contributed by atoms with E-state index in [2.05, 4.69) is 15.3 Å². The van der Waals surface area contributed by atoms with Crippen molar-refractivity contribution in [3.05, 3.63) is 40.6 Å². The van der Waals surface area contributed by atoms with Crippen molar-refractivity contribution in [2.75, 3.05) is 11.9 Å². The summed E-state index contributed by atoms with van der Waals surface area (Å²) in [5.74, 6) is 0.00886. The molecule has 0 saturated carbocycles. The number of rotatable bonds is 7. The number of halogens is 1. The van der Waals surface area contributed by atoms with Crippen LogP contribution in [0.4, 0.5) is 5.95 Å². The van der Waals surface area contributed by atoms with E-state index in [1.165, 1.54) is 11.3 Å². The van der Waals surface area contributed by atoms with Crippen LogP contribution in [0.5, 0.6) is 0 Å². The summed E-state index contributed by atoms with van der Waals surface area (Å²) in [7, 11) is 0. The fourth-order valence-electron chi connectivity index (χ4n) is 2.31. The van der Waals surface area contributed by atoms with Crippen molar-refractivity contribution in [3.63, 3.8) is 0 Å². The predicted octanol–water partition coefficient (Wildman–Crippen LogP) is 3.99. The van der Waals surface area contributed by atoms with Gasteiger partial charge in [-0.05, 0) is 24.1 Å². The third-order valence-electron chi connectivity index (χ3n) is 3.62. The Bertz CT molecular complexity index is 967. The Balaban J connectivity index is 1.63. The van der Waals surface area contributed by atoms with Gasteiger partial charge in [-0.2, -0.15) is 0 Å². The van der Waals surface area contributed by atoms with Crippen molar-refractivity contribution in [2.24, 2.45) is 5.92 Å². The summed E-state index contributed by atoms with van der Waals surface area (Å²) >= 11 is 7.23. The summed E-state index contributed by atoms with van der Waals surface area (Å²) in [5, 5.41) is 3.65. The van der Waals surface area contributed by atoms with E-state index in [0.29, 0.717) is 40.6 Å². The lowest BCUT2D eigenvalue weighted by atomic mass is 10.2. The SMILES string of the molecule is CC(C)COC(=O)CCn1ccnc1NC(=O)c1nc2ccc(Cl)cc2s1. The minimum Gasteiger partial charge on any atom is -0.465 e. The molecular weight excluding hydrogens is 388 g/mol. The minimum absolute atomic E-state index is 0.200. The zero-order chi connectivity index (χ0) is 19.4. The molecule has 0 radical (unpaired) electrons. The van der Waals surface area contributed by atoms with Crippen LogP contribution >= 0.6 is 22.9 Å². The molecule has 3 rings (SSSR count). The Morgan fingerprint density at radius 1 is 1.37 bits per heavy atom. The van der Waals surface area contributed by atoms with E-state index < -0.39 is 0 Å². The number of hydrogen-bond donors (Lipinski definition) is 1. The van der Waals surface area contributed by atoms with E-state index in [4.69, 9.17) is 16.3 Å². The average molecular weight is 407 g/mol. The van der Waals surface area contributed by atoms with Crippen molar-refractivity contribution >= 4 is 51.0 Å². The van der Waals surface area contributed by atoms with Gasteiger partial charge in [-0.1, -0.05) is 25.4 Å². The molecule has 0 atom stereocenters. The number of amides is 1. The van der Waals surface area contributed by atoms with E-state index >= 15 is 0 Å². The summed E-state index contributed by atoms with van der Waals surface area (Å²) in [4.78, 5) is 32.7. The van der Waals surface area contributed by atoms with Gasteiger partial charge in [-0.15, -0.1) is 11.3 Å². The molecule has 27 heavy (non-hydrogen) atoms. The van der Waals surface area contributed by atoms with Crippen LogP contribution in [0, 0.1) is 5.92 Å².